The van der Waals surface area contributed by atoms with Gasteiger partial charge in [0.25, 0.3) is 0 Å². The molecule has 2 aliphatic carbocycles. The van der Waals surface area contributed by atoms with Crippen LogP contribution in [0.25, 0.3) is 0 Å². The lowest BCUT2D eigenvalue weighted by molar-refractivity contribution is -0.125. The maximum absolute atomic E-state index is 12.1. The lowest BCUT2D eigenvalue weighted by Crippen LogP contribution is -2.29. The van der Waals surface area contributed by atoms with E-state index >= 15 is 0 Å². The summed E-state index contributed by atoms with van der Waals surface area (Å²) >= 11 is 0. The molecule has 2 atom stereocenters. The molecule has 106 valence electrons. The minimum atomic E-state index is -0.158. The average Bonchev–Trinajstić information content (AvgIpc) is 3.24. The highest BCUT2D eigenvalue weighted by molar-refractivity contribution is 6.00. The molecule has 1 aromatic rings. The molecular formula is C16H20N2O2. The molecule has 2 unspecified atom stereocenters. The smallest absolute Gasteiger partial charge is 0.228 e. The number of carbonyl (C=O) groups is 2. The highest BCUT2D eigenvalue weighted by Crippen LogP contribution is 2.40. The minimum Gasteiger partial charge on any atom is -0.353 e. The SMILES string of the molecule is Cc1ccc(NC(=O)C2CC2C(=O)NC2CC2)c(C)c1. The van der Waals surface area contributed by atoms with Gasteiger partial charge in [0, 0.05) is 11.7 Å². The van der Waals surface area contributed by atoms with Crippen molar-refractivity contribution in [3.05, 3.63) is 29.3 Å². The normalized spacial score (nSPS) is 24.1. The number of amides is 2. The summed E-state index contributed by atoms with van der Waals surface area (Å²) in [6.45, 7) is 4.00. The number of rotatable bonds is 4. The zero-order valence-electron chi connectivity index (χ0n) is 11.9. The minimum absolute atomic E-state index is 0.0344. The maximum atomic E-state index is 12.1. The number of hydrogen-bond acceptors (Lipinski definition) is 2. The second-order valence-electron chi connectivity index (χ2n) is 6.04. The van der Waals surface area contributed by atoms with Crippen molar-refractivity contribution < 1.29 is 9.59 Å². The monoisotopic (exact) mass is 272 g/mol. The van der Waals surface area contributed by atoms with Gasteiger partial charge in [-0.25, -0.2) is 0 Å². The summed E-state index contributed by atoms with van der Waals surface area (Å²) in [5.41, 5.74) is 3.07. The topological polar surface area (TPSA) is 58.2 Å². The zero-order chi connectivity index (χ0) is 14.3. The van der Waals surface area contributed by atoms with Crippen molar-refractivity contribution in [2.24, 2.45) is 11.8 Å². The average molecular weight is 272 g/mol. The van der Waals surface area contributed by atoms with Gasteiger partial charge in [0.05, 0.1) is 11.8 Å². The van der Waals surface area contributed by atoms with Gasteiger partial charge in [-0.1, -0.05) is 17.7 Å². The van der Waals surface area contributed by atoms with Crippen LogP contribution in [0.1, 0.15) is 30.4 Å². The molecule has 0 spiro atoms. The van der Waals surface area contributed by atoms with E-state index in [-0.39, 0.29) is 23.7 Å². The maximum Gasteiger partial charge on any atom is 0.228 e. The molecule has 2 fully saturated rings. The molecule has 3 rings (SSSR count). The first-order chi connectivity index (χ1) is 9.54. The highest BCUT2D eigenvalue weighted by atomic mass is 16.2. The van der Waals surface area contributed by atoms with Gasteiger partial charge in [0.15, 0.2) is 0 Å². The molecule has 2 saturated carbocycles. The third-order valence-electron chi connectivity index (χ3n) is 4.03. The van der Waals surface area contributed by atoms with E-state index in [1.54, 1.807) is 0 Å². The second kappa shape index (κ2) is 4.93. The van der Waals surface area contributed by atoms with Crippen molar-refractivity contribution in [2.75, 3.05) is 5.32 Å². The Hall–Kier alpha value is -1.84. The van der Waals surface area contributed by atoms with E-state index in [0.717, 1.165) is 24.1 Å². The molecular weight excluding hydrogens is 252 g/mol. The summed E-state index contributed by atoms with van der Waals surface area (Å²) in [6, 6.07) is 6.31. The Labute approximate surface area is 118 Å². The number of anilines is 1. The Balaban J connectivity index is 1.56. The van der Waals surface area contributed by atoms with Crippen molar-refractivity contribution in [1.82, 2.24) is 5.32 Å². The summed E-state index contributed by atoms with van der Waals surface area (Å²) in [5, 5.41) is 5.90. The Morgan fingerprint density at radius 1 is 1.10 bits per heavy atom. The van der Waals surface area contributed by atoms with E-state index in [1.807, 2.05) is 32.0 Å². The molecule has 0 aromatic heterocycles. The molecule has 0 aliphatic heterocycles. The number of benzene rings is 1. The van der Waals surface area contributed by atoms with E-state index in [1.165, 1.54) is 5.56 Å². The van der Waals surface area contributed by atoms with Gasteiger partial charge in [0.1, 0.15) is 0 Å². The number of nitrogens with one attached hydrogen (secondary N) is 2. The van der Waals surface area contributed by atoms with Crippen LogP contribution < -0.4 is 10.6 Å². The predicted molar refractivity (Wildman–Crippen MR) is 77.3 cm³/mol. The molecule has 0 bridgehead atoms. The van der Waals surface area contributed by atoms with Crippen LogP contribution in [0, 0.1) is 25.7 Å². The highest BCUT2D eigenvalue weighted by Gasteiger charge is 2.48. The van der Waals surface area contributed by atoms with Gasteiger partial charge in [-0.3, -0.25) is 9.59 Å². The first-order valence-electron chi connectivity index (χ1n) is 7.23. The van der Waals surface area contributed by atoms with Crippen LogP contribution in [0.3, 0.4) is 0 Å². The van der Waals surface area contributed by atoms with Crippen molar-refractivity contribution in [1.29, 1.82) is 0 Å². The lowest BCUT2D eigenvalue weighted by Gasteiger charge is -2.09. The van der Waals surface area contributed by atoms with Gasteiger partial charge in [-0.15, -0.1) is 0 Å². The molecule has 20 heavy (non-hydrogen) atoms. The van der Waals surface area contributed by atoms with E-state index < -0.39 is 0 Å². The number of hydrogen-bond donors (Lipinski definition) is 2. The van der Waals surface area contributed by atoms with Gasteiger partial charge < -0.3 is 10.6 Å². The van der Waals surface area contributed by atoms with Crippen LogP contribution in [0.15, 0.2) is 18.2 Å². The molecule has 0 heterocycles. The van der Waals surface area contributed by atoms with E-state index in [9.17, 15) is 9.59 Å². The Morgan fingerprint density at radius 3 is 2.45 bits per heavy atom. The lowest BCUT2D eigenvalue weighted by atomic mass is 10.1. The molecule has 2 amide bonds. The van der Waals surface area contributed by atoms with E-state index in [2.05, 4.69) is 10.6 Å². The van der Waals surface area contributed by atoms with Crippen molar-refractivity contribution >= 4 is 17.5 Å². The number of aryl methyl sites for hydroxylation is 2. The summed E-state index contributed by atoms with van der Waals surface area (Å²) in [5.74, 6) is -0.267. The fourth-order valence-electron chi connectivity index (χ4n) is 2.49. The van der Waals surface area contributed by atoms with Gasteiger partial charge in [-0.05, 0) is 44.7 Å². The quantitative estimate of drug-likeness (QED) is 0.882. The van der Waals surface area contributed by atoms with Crippen molar-refractivity contribution in [2.45, 2.75) is 39.2 Å². The Kier molecular flexibility index (Phi) is 3.24. The predicted octanol–water partition coefficient (Wildman–Crippen LogP) is 2.16. The second-order valence-corrected chi connectivity index (χ2v) is 6.04. The van der Waals surface area contributed by atoms with Crippen LogP contribution in [-0.4, -0.2) is 17.9 Å². The van der Waals surface area contributed by atoms with E-state index in [0.29, 0.717) is 12.5 Å². The van der Waals surface area contributed by atoms with Crippen LogP contribution in [0.4, 0.5) is 5.69 Å². The largest absolute Gasteiger partial charge is 0.353 e. The molecule has 2 N–H and O–H groups in total. The fraction of sp³-hybridized carbons (Fsp3) is 0.500. The third kappa shape index (κ3) is 2.84. The summed E-state index contributed by atoms with van der Waals surface area (Å²) < 4.78 is 0. The standard InChI is InChI=1S/C16H20N2O2/c1-9-3-6-14(10(2)7-9)18-16(20)13-8-12(13)15(19)17-11-4-5-11/h3,6-7,11-13H,4-5,8H2,1-2H3,(H,17,19)(H,18,20). The van der Waals surface area contributed by atoms with Crippen LogP contribution >= 0.6 is 0 Å². The molecule has 2 aliphatic rings. The van der Waals surface area contributed by atoms with Crippen LogP contribution in [0.2, 0.25) is 0 Å². The summed E-state index contributed by atoms with van der Waals surface area (Å²) in [7, 11) is 0. The van der Waals surface area contributed by atoms with Gasteiger partial charge >= 0.3 is 0 Å². The molecule has 0 radical (unpaired) electrons. The summed E-state index contributed by atoms with van der Waals surface area (Å²) in [4.78, 5) is 24.0. The zero-order valence-corrected chi connectivity index (χ0v) is 11.9. The summed E-state index contributed by atoms with van der Waals surface area (Å²) in [6.07, 6.45) is 2.84. The van der Waals surface area contributed by atoms with Crippen LogP contribution in [0.5, 0.6) is 0 Å². The Bertz CT molecular complexity index is 564. The third-order valence-corrected chi connectivity index (χ3v) is 4.03. The molecule has 4 heteroatoms. The number of carbonyl (C=O) groups excluding carboxylic acids is 2. The van der Waals surface area contributed by atoms with Crippen LogP contribution in [-0.2, 0) is 9.59 Å². The first kappa shape index (κ1) is 13.2. The Morgan fingerprint density at radius 2 is 1.80 bits per heavy atom. The van der Waals surface area contributed by atoms with Crippen molar-refractivity contribution in [3.63, 3.8) is 0 Å². The molecule has 0 saturated heterocycles. The van der Waals surface area contributed by atoms with Crippen molar-refractivity contribution in [3.8, 4) is 0 Å². The molecule has 1 aromatic carbocycles. The van der Waals surface area contributed by atoms with E-state index in [4.69, 9.17) is 0 Å². The first-order valence-corrected chi connectivity index (χ1v) is 7.23. The van der Waals surface area contributed by atoms with Gasteiger partial charge in [0.2, 0.25) is 11.8 Å². The van der Waals surface area contributed by atoms with Gasteiger partial charge in [-0.2, -0.15) is 0 Å². The fourth-order valence-corrected chi connectivity index (χ4v) is 2.49. The molecule has 4 nitrogen and oxygen atoms in total.